The summed E-state index contributed by atoms with van der Waals surface area (Å²) in [5.74, 6) is -1.46. The van der Waals surface area contributed by atoms with Crippen molar-refractivity contribution in [2.75, 3.05) is 19.6 Å². The number of nitrogens with one attached hydrogen (secondary N) is 1. The first-order valence-electron chi connectivity index (χ1n) is 8.19. The molecule has 1 N–H and O–H groups in total. The van der Waals surface area contributed by atoms with Gasteiger partial charge < -0.3 is 10.2 Å². The van der Waals surface area contributed by atoms with Gasteiger partial charge in [0.05, 0.1) is 18.4 Å². The van der Waals surface area contributed by atoms with Crippen molar-refractivity contribution in [3.8, 4) is 11.4 Å². The molecule has 10 nitrogen and oxygen atoms in total. The van der Waals surface area contributed by atoms with Crippen LogP contribution in [-0.2, 0) is 23.2 Å². The van der Waals surface area contributed by atoms with Crippen molar-refractivity contribution < 1.29 is 14.4 Å². The van der Waals surface area contributed by atoms with Gasteiger partial charge in [0, 0.05) is 39.1 Å². The van der Waals surface area contributed by atoms with Crippen LogP contribution in [0.25, 0.3) is 11.4 Å². The van der Waals surface area contributed by atoms with Crippen LogP contribution in [0.2, 0.25) is 0 Å². The Kier molecular flexibility index (Phi) is 4.92. The molecule has 0 bridgehead atoms. The van der Waals surface area contributed by atoms with Crippen LogP contribution in [0, 0.1) is 0 Å². The first-order valence-corrected chi connectivity index (χ1v) is 8.19. The van der Waals surface area contributed by atoms with Crippen molar-refractivity contribution in [1.29, 1.82) is 0 Å². The Labute approximate surface area is 149 Å². The van der Waals surface area contributed by atoms with Gasteiger partial charge in [-0.25, -0.2) is 4.79 Å². The Morgan fingerprint density at radius 2 is 2.00 bits per heavy atom. The minimum atomic E-state index is -0.805. The number of aromatic nitrogens is 4. The van der Waals surface area contributed by atoms with Crippen molar-refractivity contribution >= 4 is 17.8 Å². The zero-order chi connectivity index (χ0) is 18.7. The molecule has 26 heavy (non-hydrogen) atoms. The Morgan fingerprint density at radius 3 is 2.69 bits per heavy atom. The van der Waals surface area contributed by atoms with Gasteiger partial charge in [-0.15, -0.1) is 0 Å². The zero-order valence-corrected chi connectivity index (χ0v) is 14.5. The summed E-state index contributed by atoms with van der Waals surface area (Å²) < 4.78 is 1.62. The summed E-state index contributed by atoms with van der Waals surface area (Å²) in [5.41, 5.74) is 1.98. The Morgan fingerprint density at radius 1 is 1.19 bits per heavy atom. The van der Waals surface area contributed by atoms with Gasteiger partial charge in [0.2, 0.25) is 0 Å². The summed E-state index contributed by atoms with van der Waals surface area (Å²) in [6.45, 7) is 2.92. The summed E-state index contributed by atoms with van der Waals surface area (Å²) in [4.78, 5) is 46.8. The summed E-state index contributed by atoms with van der Waals surface area (Å²) in [7, 11) is 1.75. The summed E-state index contributed by atoms with van der Waals surface area (Å²) >= 11 is 0. The van der Waals surface area contributed by atoms with Crippen LogP contribution in [0.1, 0.15) is 12.6 Å². The monoisotopic (exact) mass is 357 g/mol. The number of rotatable bonds is 4. The van der Waals surface area contributed by atoms with Crippen molar-refractivity contribution in [3.63, 3.8) is 0 Å². The minimum absolute atomic E-state index is 0.165. The quantitative estimate of drug-likeness (QED) is 0.757. The average molecular weight is 357 g/mol. The van der Waals surface area contributed by atoms with Gasteiger partial charge >= 0.3 is 17.8 Å². The van der Waals surface area contributed by atoms with Crippen LogP contribution in [0.4, 0.5) is 4.79 Å². The number of carbonyl (C=O) groups is 3. The number of piperazine rings is 1. The normalized spacial score (nSPS) is 14.7. The van der Waals surface area contributed by atoms with Crippen LogP contribution in [-0.4, -0.2) is 67.0 Å². The molecule has 10 heteroatoms. The third kappa shape index (κ3) is 3.39. The lowest BCUT2D eigenvalue weighted by molar-refractivity contribution is -0.153. The fourth-order valence-electron chi connectivity index (χ4n) is 2.66. The highest BCUT2D eigenvalue weighted by molar-refractivity contribution is 6.38. The Hall–Kier alpha value is -3.30. The molecule has 1 fully saturated rings. The number of hydrogen-bond acceptors (Lipinski definition) is 6. The van der Waals surface area contributed by atoms with Gasteiger partial charge in [-0.05, 0) is 13.0 Å². The number of hydrogen-bond donors (Lipinski definition) is 1. The smallest absolute Gasteiger partial charge is 0.324 e. The molecule has 0 aromatic carbocycles. The predicted molar refractivity (Wildman–Crippen MR) is 90.4 cm³/mol. The Balaban J connectivity index is 1.64. The van der Waals surface area contributed by atoms with E-state index in [4.69, 9.17) is 0 Å². The second-order valence-electron chi connectivity index (χ2n) is 5.74. The van der Waals surface area contributed by atoms with Gasteiger partial charge in [0.15, 0.2) is 0 Å². The summed E-state index contributed by atoms with van der Waals surface area (Å²) in [5, 5.41) is 7.00. The van der Waals surface area contributed by atoms with E-state index < -0.39 is 17.8 Å². The highest BCUT2D eigenvalue weighted by atomic mass is 16.2. The van der Waals surface area contributed by atoms with Crippen LogP contribution in [0.5, 0.6) is 0 Å². The molecule has 0 saturated carbocycles. The van der Waals surface area contributed by atoms with E-state index in [0.29, 0.717) is 24.5 Å². The molecule has 1 saturated heterocycles. The lowest BCUT2D eigenvalue weighted by Gasteiger charge is -2.31. The zero-order valence-electron chi connectivity index (χ0n) is 14.5. The molecular weight excluding hydrogens is 338 g/mol. The minimum Gasteiger partial charge on any atom is -0.333 e. The molecule has 2 aromatic rings. The fourth-order valence-corrected chi connectivity index (χ4v) is 2.66. The molecule has 136 valence electrons. The molecule has 0 aliphatic carbocycles. The van der Waals surface area contributed by atoms with E-state index in [1.54, 1.807) is 43.3 Å². The van der Waals surface area contributed by atoms with Crippen LogP contribution in [0.3, 0.4) is 0 Å². The second kappa shape index (κ2) is 7.30. The average Bonchev–Trinajstić information content (AvgIpc) is 3.03. The van der Waals surface area contributed by atoms with Gasteiger partial charge in [-0.2, -0.15) is 5.10 Å². The fraction of sp³-hybridized carbons (Fsp3) is 0.375. The van der Waals surface area contributed by atoms with Gasteiger partial charge in [-0.3, -0.25) is 29.1 Å². The van der Waals surface area contributed by atoms with E-state index in [9.17, 15) is 14.4 Å². The molecule has 2 aromatic heterocycles. The van der Waals surface area contributed by atoms with Gasteiger partial charge in [0.1, 0.15) is 11.4 Å². The molecule has 0 unspecified atom stereocenters. The van der Waals surface area contributed by atoms with Crippen LogP contribution < -0.4 is 5.32 Å². The van der Waals surface area contributed by atoms with E-state index in [2.05, 4.69) is 20.4 Å². The molecule has 0 radical (unpaired) electrons. The lowest BCUT2D eigenvalue weighted by atomic mass is 10.3. The predicted octanol–water partition coefficient (Wildman–Crippen LogP) is -0.223. The van der Waals surface area contributed by atoms with Crippen LogP contribution >= 0.6 is 0 Å². The highest BCUT2D eigenvalue weighted by Crippen LogP contribution is 2.15. The molecule has 0 atom stereocenters. The van der Waals surface area contributed by atoms with Crippen molar-refractivity contribution in [2.24, 2.45) is 7.05 Å². The SMILES string of the molecule is CCN1CCN(C(=O)NCc2cc(-c3cnccn3)nn2C)C(=O)C1=O. The van der Waals surface area contributed by atoms with Crippen LogP contribution in [0.15, 0.2) is 24.7 Å². The Bertz CT molecular complexity index is 834. The number of imide groups is 1. The number of carbonyl (C=O) groups excluding carboxylic acids is 3. The molecular formula is C16H19N7O3. The molecule has 1 aliphatic heterocycles. The molecule has 4 amide bonds. The first kappa shape index (κ1) is 17.5. The van der Waals surface area contributed by atoms with Gasteiger partial charge in [-0.1, -0.05) is 0 Å². The number of amides is 4. The molecule has 3 rings (SSSR count). The lowest BCUT2D eigenvalue weighted by Crippen LogP contribution is -2.58. The number of aryl methyl sites for hydroxylation is 1. The summed E-state index contributed by atoms with van der Waals surface area (Å²) in [6, 6.07) is 1.19. The standard InChI is InChI=1S/C16H19N7O3/c1-3-22-6-7-23(15(25)14(22)24)16(26)19-9-11-8-12(20-21(11)2)13-10-17-4-5-18-13/h4-5,8,10H,3,6-7,9H2,1-2H3,(H,19,26). The second-order valence-corrected chi connectivity index (χ2v) is 5.74. The number of likely N-dealkylation sites (N-methyl/N-ethyl adjacent to an activating group) is 1. The maximum Gasteiger partial charge on any atom is 0.324 e. The number of nitrogens with zero attached hydrogens (tertiary/aromatic N) is 6. The molecule has 3 heterocycles. The maximum atomic E-state index is 12.3. The third-order valence-corrected chi connectivity index (χ3v) is 4.16. The topological polar surface area (TPSA) is 113 Å². The van der Waals surface area contributed by atoms with E-state index in [1.807, 2.05) is 0 Å². The van der Waals surface area contributed by atoms with E-state index in [0.717, 1.165) is 10.6 Å². The van der Waals surface area contributed by atoms with E-state index in [1.165, 1.54) is 4.90 Å². The maximum absolute atomic E-state index is 12.3. The summed E-state index contributed by atoms with van der Waals surface area (Å²) in [6.07, 6.45) is 4.75. The highest BCUT2D eigenvalue weighted by Gasteiger charge is 2.35. The third-order valence-electron chi connectivity index (χ3n) is 4.16. The van der Waals surface area contributed by atoms with Crippen molar-refractivity contribution in [3.05, 3.63) is 30.4 Å². The van der Waals surface area contributed by atoms with E-state index in [-0.39, 0.29) is 13.1 Å². The largest absolute Gasteiger partial charge is 0.333 e. The van der Waals surface area contributed by atoms with Crippen molar-refractivity contribution in [1.82, 2.24) is 34.9 Å². The molecule has 0 spiro atoms. The molecule has 1 aliphatic rings. The first-order chi connectivity index (χ1) is 12.5. The van der Waals surface area contributed by atoms with Crippen molar-refractivity contribution in [2.45, 2.75) is 13.5 Å². The van der Waals surface area contributed by atoms with E-state index >= 15 is 0 Å². The van der Waals surface area contributed by atoms with Gasteiger partial charge in [0.25, 0.3) is 0 Å². The number of urea groups is 1.